The number of nitrogens with zero attached hydrogens (tertiary/aromatic N) is 1. The third-order valence-electron chi connectivity index (χ3n) is 4.23. The molecular weight excluding hydrogens is 354 g/mol. The summed E-state index contributed by atoms with van der Waals surface area (Å²) in [5.74, 6) is -0.0398. The number of rotatable bonds is 6. The summed E-state index contributed by atoms with van der Waals surface area (Å²) in [6.07, 6.45) is 1.45. The van der Waals surface area contributed by atoms with Gasteiger partial charge in [-0.3, -0.25) is 14.6 Å². The van der Waals surface area contributed by atoms with Gasteiger partial charge in [-0.15, -0.1) is 0 Å². The Balaban J connectivity index is 1.70. The van der Waals surface area contributed by atoms with Crippen LogP contribution >= 0.6 is 0 Å². The summed E-state index contributed by atoms with van der Waals surface area (Å²) in [6.45, 7) is 1.91. The minimum Gasteiger partial charge on any atom is -0.497 e. The van der Waals surface area contributed by atoms with E-state index in [-0.39, 0.29) is 17.6 Å². The van der Waals surface area contributed by atoms with Gasteiger partial charge in [-0.25, -0.2) is 0 Å². The van der Waals surface area contributed by atoms with Crippen LogP contribution in [-0.2, 0) is 0 Å². The SMILES string of the molecule is COc1cccc(NC(=O)c2cc(C(=O)NC(C)c3ccccc3)ccn2)c1. The topological polar surface area (TPSA) is 80.3 Å². The Hall–Kier alpha value is -3.67. The number of carbonyl (C=O) groups is 2. The van der Waals surface area contributed by atoms with E-state index in [9.17, 15) is 9.59 Å². The zero-order valence-corrected chi connectivity index (χ0v) is 15.7. The molecule has 2 amide bonds. The Morgan fingerprint density at radius 3 is 2.50 bits per heavy atom. The Morgan fingerprint density at radius 2 is 1.75 bits per heavy atom. The lowest BCUT2D eigenvalue weighted by Crippen LogP contribution is -2.27. The first-order valence-electron chi connectivity index (χ1n) is 8.84. The second-order valence-corrected chi connectivity index (χ2v) is 6.22. The molecule has 142 valence electrons. The Labute approximate surface area is 163 Å². The average Bonchev–Trinajstić information content (AvgIpc) is 2.74. The quantitative estimate of drug-likeness (QED) is 0.686. The first kappa shape index (κ1) is 19.1. The molecule has 0 saturated heterocycles. The normalized spacial score (nSPS) is 11.4. The van der Waals surface area contributed by atoms with Gasteiger partial charge in [-0.05, 0) is 36.8 Å². The molecular formula is C22H21N3O3. The molecule has 0 bridgehead atoms. The van der Waals surface area contributed by atoms with Gasteiger partial charge < -0.3 is 15.4 Å². The predicted octanol–water partition coefficient (Wildman–Crippen LogP) is 3.83. The van der Waals surface area contributed by atoms with E-state index in [0.29, 0.717) is 17.0 Å². The first-order valence-corrected chi connectivity index (χ1v) is 8.84. The summed E-state index contributed by atoms with van der Waals surface area (Å²) in [6, 6.07) is 19.6. The number of hydrogen-bond acceptors (Lipinski definition) is 4. The monoisotopic (exact) mass is 375 g/mol. The van der Waals surface area contributed by atoms with Gasteiger partial charge in [0.15, 0.2) is 0 Å². The van der Waals surface area contributed by atoms with E-state index < -0.39 is 5.91 Å². The Kier molecular flexibility index (Phi) is 6.01. The molecule has 0 saturated carbocycles. The maximum Gasteiger partial charge on any atom is 0.274 e. The molecule has 3 rings (SSSR count). The van der Waals surface area contributed by atoms with Crippen LogP contribution in [0.4, 0.5) is 5.69 Å². The van der Waals surface area contributed by atoms with Crippen molar-refractivity contribution in [2.24, 2.45) is 0 Å². The van der Waals surface area contributed by atoms with E-state index in [2.05, 4.69) is 15.6 Å². The van der Waals surface area contributed by atoms with Crippen molar-refractivity contribution in [3.05, 3.63) is 89.7 Å². The molecule has 28 heavy (non-hydrogen) atoms. The van der Waals surface area contributed by atoms with Crippen molar-refractivity contribution in [2.75, 3.05) is 12.4 Å². The standard InChI is InChI=1S/C22H21N3O3/c1-15(16-7-4-3-5-8-16)24-21(26)17-11-12-23-20(13-17)22(27)25-18-9-6-10-19(14-18)28-2/h3-15H,1-2H3,(H,24,26)(H,25,27). The number of ether oxygens (including phenoxy) is 1. The van der Waals surface area contributed by atoms with Crippen LogP contribution in [-0.4, -0.2) is 23.9 Å². The molecule has 1 aromatic heterocycles. The summed E-state index contributed by atoms with van der Waals surface area (Å²) in [7, 11) is 1.56. The van der Waals surface area contributed by atoms with E-state index in [1.54, 1.807) is 37.4 Å². The first-order chi connectivity index (χ1) is 13.6. The van der Waals surface area contributed by atoms with Crippen LogP contribution in [0.25, 0.3) is 0 Å². The van der Waals surface area contributed by atoms with Gasteiger partial charge in [0.1, 0.15) is 11.4 Å². The second-order valence-electron chi connectivity index (χ2n) is 6.22. The molecule has 0 aliphatic carbocycles. The van der Waals surface area contributed by atoms with Crippen molar-refractivity contribution >= 4 is 17.5 Å². The third kappa shape index (κ3) is 4.73. The van der Waals surface area contributed by atoms with Crippen LogP contribution in [0.5, 0.6) is 5.75 Å². The van der Waals surface area contributed by atoms with Crippen molar-refractivity contribution < 1.29 is 14.3 Å². The summed E-state index contributed by atoms with van der Waals surface area (Å²) in [5.41, 5.74) is 2.11. The highest BCUT2D eigenvalue weighted by Gasteiger charge is 2.15. The zero-order valence-electron chi connectivity index (χ0n) is 15.7. The molecule has 1 unspecified atom stereocenters. The van der Waals surface area contributed by atoms with Crippen LogP contribution in [0.3, 0.4) is 0 Å². The number of hydrogen-bond donors (Lipinski definition) is 2. The summed E-state index contributed by atoms with van der Waals surface area (Å²) in [4.78, 5) is 29.1. The molecule has 2 N–H and O–H groups in total. The largest absolute Gasteiger partial charge is 0.497 e. The highest BCUT2D eigenvalue weighted by atomic mass is 16.5. The molecule has 0 fully saturated rings. The van der Waals surface area contributed by atoms with Crippen LogP contribution in [0, 0.1) is 0 Å². The number of amides is 2. The predicted molar refractivity (Wildman–Crippen MR) is 108 cm³/mol. The van der Waals surface area contributed by atoms with Gasteiger partial charge in [0.2, 0.25) is 0 Å². The van der Waals surface area contributed by atoms with E-state index in [1.807, 2.05) is 37.3 Å². The minimum atomic E-state index is -0.404. The zero-order chi connectivity index (χ0) is 19.9. The molecule has 6 nitrogen and oxygen atoms in total. The number of aromatic nitrogens is 1. The molecule has 0 spiro atoms. The van der Waals surface area contributed by atoms with Gasteiger partial charge in [0.05, 0.1) is 13.2 Å². The molecule has 2 aromatic carbocycles. The van der Waals surface area contributed by atoms with Gasteiger partial charge >= 0.3 is 0 Å². The molecule has 0 radical (unpaired) electrons. The van der Waals surface area contributed by atoms with Crippen LogP contribution in [0.15, 0.2) is 72.9 Å². The van der Waals surface area contributed by atoms with E-state index in [1.165, 1.54) is 12.3 Å². The number of methoxy groups -OCH3 is 1. The second kappa shape index (κ2) is 8.81. The molecule has 0 aliphatic rings. The highest BCUT2D eigenvalue weighted by Crippen LogP contribution is 2.18. The van der Waals surface area contributed by atoms with Crippen molar-refractivity contribution in [2.45, 2.75) is 13.0 Å². The van der Waals surface area contributed by atoms with E-state index in [0.717, 1.165) is 5.56 Å². The lowest BCUT2D eigenvalue weighted by Gasteiger charge is -2.14. The maximum atomic E-state index is 12.6. The summed E-state index contributed by atoms with van der Waals surface area (Å²) >= 11 is 0. The van der Waals surface area contributed by atoms with Gasteiger partial charge in [-0.1, -0.05) is 36.4 Å². The van der Waals surface area contributed by atoms with Gasteiger partial charge in [-0.2, -0.15) is 0 Å². The molecule has 0 aliphatic heterocycles. The lowest BCUT2D eigenvalue weighted by molar-refractivity contribution is 0.0939. The Bertz CT molecular complexity index is 974. The number of carbonyl (C=O) groups excluding carboxylic acids is 2. The van der Waals surface area contributed by atoms with Crippen LogP contribution in [0.2, 0.25) is 0 Å². The maximum absolute atomic E-state index is 12.6. The number of benzene rings is 2. The average molecular weight is 375 g/mol. The molecule has 1 heterocycles. The Morgan fingerprint density at radius 1 is 0.964 bits per heavy atom. The highest BCUT2D eigenvalue weighted by molar-refractivity contribution is 6.04. The van der Waals surface area contributed by atoms with Crippen molar-refractivity contribution in [1.29, 1.82) is 0 Å². The van der Waals surface area contributed by atoms with Crippen LogP contribution < -0.4 is 15.4 Å². The fraction of sp³-hybridized carbons (Fsp3) is 0.136. The van der Waals surface area contributed by atoms with Crippen molar-refractivity contribution in [3.63, 3.8) is 0 Å². The van der Waals surface area contributed by atoms with Gasteiger partial charge in [0, 0.05) is 23.5 Å². The van der Waals surface area contributed by atoms with E-state index >= 15 is 0 Å². The van der Waals surface area contributed by atoms with Crippen LogP contribution in [0.1, 0.15) is 39.4 Å². The summed E-state index contributed by atoms with van der Waals surface area (Å²) < 4.78 is 5.15. The fourth-order valence-corrected chi connectivity index (χ4v) is 2.70. The lowest BCUT2D eigenvalue weighted by atomic mass is 10.1. The minimum absolute atomic E-state index is 0.155. The smallest absolute Gasteiger partial charge is 0.274 e. The molecule has 3 aromatic rings. The molecule has 1 atom stereocenters. The summed E-state index contributed by atoms with van der Waals surface area (Å²) in [5, 5.41) is 5.68. The third-order valence-corrected chi connectivity index (χ3v) is 4.23. The number of pyridine rings is 1. The number of nitrogens with one attached hydrogen (secondary N) is 2. The fourth-order valence-electron chi connectivity index (χ4n) is 2.70. The van der Waals surface area contributed by atoms with Crippen molar-refractivity contribution in [3.8, 4) is 5.75 Å². The van der Waals surface area contributed by atoms with E-state index in [4.69, 9.17) is 4.74 Å². The van der Waals surface area contributed by atoms with Gasteiger partial charge in [0.25, 0.3) is 11.8 Å². The number of anilines is 1. The van der Waals surface area contributed by atoms with Crippen molar-refractivity contribution in [1.82, 2.24) is 10.3 Å². The molecule has 6 heteroatoms.